The summed E-state index contributed by atoms with van der Waals surface area (Å²) in [6, 6.07) is 4.88. The maximum Gasteiger partial charge on any atom is 0.573 e. The number of benzene rings is 1. The number of rotatable bonds is 4. The van der Waals surface area contributed by atoms with E-state index in [-0.39, 0.29) is 23.0 Å². The van der Waals surface area contributed by atoms with E-state index in [0.717, 1.165) is 25.0 Å². The first kappa shape index (κ1) is 28.5. The van der Waals surface area contributed by atoms with Crippen molar-refractivity contribution in [1.29, 1.82) is 0 Å². The fourth-order valence-electron chi connectivity index (χ4n) is 4.48. The zero-order valence-corrected chi connectivity index (χ0v) is 22.7. The second-order valence-electron chi connectivity index (χ2n) is 10.3. The molecule has 0 bridgehead atoms. The molecule has 1 saturated heterocycles. The number of aromatic nitrogens is 3. The predicted molar refractivity (Wildman–Crippen MR) is 139 cm³/mol. The Bertz CT molecular complexity index is 1390. The standard InChI is InChI=1S/C26H29ClF3N5O4/c1-15-11-16(8-9-31-15)22(36)33-23-32-20-13-18(38-26(28,29)30)12-19(27)21(20)35(23)17-7-5-6-10-34(14-17)24(37)39-25(2,3)4/h8-9,11-13,17H,5-7,10,14H2,1-4H3,(H,32,33,36)/t17-/m1/s1. The molecule has 0 aliphatic carbocycles. The maximum atomic E-state index is 13.1. The van der Waals surface area contributed by atoms with Crippen LogP contribution in [0.15, 0.2) is 30.5 Å². The van der Waals surface area contributed by atoms with Gasteiger partial charge >= 0.3 is 12.5 Å². The number of alkyl halides is 3. The van der Waals surface area contributed by atoms with E-state index in [0.29, 0.717) is 29.7 Å². The summed E-state index contributed by atoms with van der Waals surface area (Å²) < 4.78 is 50.1. The van der Waals surface area contributed by atoms with Gasteiger partial charge in [-0.2, -0.15) is 0 Å². The Morgan fingerprint density at radius 1 is 1.15 bits per heavy atom. The van der Waals surface area contributed by atoms with Crippen molar-refractivity contribution in [2.45, 2.75) is 65.0 Å². The molecule has 1 atom stereocenters. The third-order valence-electron chi connectivity index (χ3n) is 5.99. The highest BCUT2D eigenvalue weighted by molar-refractivity contribution is 6.35. The molecule has 0 spiro atoms. The molecular weight excluding hydrogens is 539 g/mol. The Morgan fingerprint density at radius 2 is 1.90 bits per heavy atom. The van der Waals surface area contributed by atoms with E-state index in [1.54, 1.807) is 43.2 Å². The summed E-state index contributed by atoms with van der Waals surface area (Å²) in [5.41, 5.74) is 0.662. The summed E-state index contributed by atoms with van der Waals surface area (Å²) in [5.74, 6) is -0.951. The predicted octanol–water partition coefficient (Wildman–Crippen LogP) is 6.51. The van der Waals surface area contributed by atoms with Gasteiger partial charge < -0.3 is 18.9 Å². The quantitative estimate of drug-likeness (QED) is 0.386. The number of hydrogen-bond acceptors (Lipinski definition) is 6. The van der Waals surface area contributed by atoms with E-state index in [9.17, 15) is 22.8 Å². The molecule has 2 aromatic heterocycles. The van der Waals surface area contributed by atoms with Crippen molar-refractivity contribution in [3.8, 4) is 5.75 Å². The summed E-state index contributed by atoms with van der Waals surface area (Å²) >= 11 is 6.50. The Balaban J connectivity index is 1.78. The van der Waals surface area contributed by atoms with Crippen LogP contribution in [0.3, 0.4) is 0 Å². The molecule has 1 aliphatic rings. The number of nitrogens with one attached hydrogen (secondary N) is 1. The summed E-state index contributed by atoms with van der Waals surface area (Å²) in [6.45, 7) is 7.75. The molecule has 2 amide bonds. The average Bonchev–Trinajstić information content (AvgIpc) is 2.98. The van der Waals surface area contributed by atoms with Gasteiger partial charge in [-0.1, -0.05) is 11.6 Å². The Morgan fingerprint density at radius 3 is 2.56 bits per heavy atom. The first-order chi connectivity index (χ1) is 18.2. The number of amides is 2. The fraction of sp³-hybridized carbons (Fsp3) is 0.462. The number of pyridine rings is 1. The van der Waals surface area contributed by atoms with Gasteiger partial charge in [0.25, 0.3) is 5.91 Å². The minimum Gasteiger partial charge on any atom is -0.444 e. The Kier molecular flexibility index (Phi) is 7.97. The molecule has 9 nitrogen and oxygen atoms in total. The molecule has 4 rings (SSSR count). The first-order valence-electron chi connectivity index (χ1n) is 12.4. The van der Waals surface area contributed by atoms with E-state index in [1.165, 1.54) is 12.3 Å². The maximum absolute atomic E-state index is 13.1. The summed E-state index contributed by atoms with van der Waals surface area (Å²) in [5, 5.41) is 2.72. The highest BCUT2D eigenvalue weighted by Crippen LogP contribution is 2.38. The minimum atomic E-state index is -4.93. The molecule has 1 fully saturated rings. The van der Waals surface area contributed by atoms with Crippen molar-refractivity contribution in [3.05, 3.63) is 46.7 Å². The zero-order chi connectivity index (χ0) is 28.5. The summed E-state index contributed by atoms with van der Waals surface area (Å²) in [7, 11) is 0. The zero-order valence-electron chi connectivity index (χ0n) is 21.9. The van der Waals surface area contributed by atoms with Gasteiger partial charge in [0.1, 0.15) is 11.4 Å². The largest absolute Gasteiger partial charge is 0.573 e. The molecule has 210 valence electrons. The number of carbonyl (C=O) groups excluding carboxylic acids is 2. The Labute approximate surface area is 228 Å². The minimum absolute atomic E-state index is 0.0485. The monoisotopic (exact) mass is 567 g/mol. The van der Waals surface area contributed by atoms with Crippen LogP contribution in [0.1, 0.15) is 62.1 Å². The van der Waals surface area contributed by atoms with Crippen molar-refractivity contribution in [2.24, 2.45) is 0 Å². The topological polar surface area (TPSA) is 98.6 Å². The van der Waals surface area contributed by atoms with E-state index >= 15 is 0 Å². The third kappa shape index (κ3) is 7.11. The first-order valence-corrected chi connectivity index (χ1v) is 12.8. The van der Waals surface area contributed by atoms with Crippen LogP contribution in [0.4, 0.5) is 23.9 Å². The number of hydrogen-bond donors (Lipinski definition) is 1. The number of carbonyl (C=O) groups is 2. The number of ether oxygens (including phenoxy) is 2. The van der Waals surface area contributed by atoms with E-state index in [1.807, 2.05) is 0 Å². The number of likely N-dealkylation sites (tertiary alicyclic amines) is 1. The molecular formula is C26H29ClF3N5O4. The highest BCUT2D eigenvalue weighted by atomic mass is 35.5. The molecule has 1 aliphatic heterocycles. The SMILES string of the molecule is Cc1cc(C(=O)Nc2nc3cc(OC(F)(F)F)cc(Cl)c3n2[C@@H]2CCCCN(C(=O)OC(C)(C)C)C2)ccn1. The molecule has 1 aromatic carbocycles. The van der Waals surface area contributed by atoms with E-state index in [2.05, 4.69) is 20.0 Å². The van der Waals surface area contributed by atoms with Crippen LogP contribution >= 0.6 is 11.6 Å². The average molecular weight is 568 g/mol. The second kappa shape index (κ2) is 10.9. The molecule has 0 unspecified atom stereocenters. The second-order valence-corrected chi connectivity index (χ2v) is 10.7. The Hall–Kier alpha value is -3.54. The van der Waals surface area contributed by atoms with Crippen LogP contribution in [0, 0.1) is 6.92 Å². The van der Waals surface area contributed by atoms with Crippen LogP contribution in [0.25, 0.3) is 11.0 Å². The fourth-order valence-corrected chi connectivity index (χ4v) is 4.77. The van der Waals surface area contributed by atoms with Crippen molar-refractivity contribution >= 4 is 40.6 Å². The number of anilines is 1. The van der Waals surface area contributed by atoms with Gasteiger partial charge in [-0.25, -0.2) is 9.78 Å². The van der Waals surface area contributed by atoms with Crippen molar-refractivity contribution in [1.82, 2.24) is 19.4 Å². The normalized spacial score (nSPS) is 16.6. The van der Waals surface area contributed by atoms with Gasteiger partial charge in [-0.15, -0.1) is 13.2 Å². The smallest absolute Gasteiger partial charge is 0.444 e. The van der Waals surface area contributed by atoms with Crippen molar-refractivity contribution in [3.63, 3.8) is 0 Å². The van der Waals surface area contributed by atoms with Gasteiger partial charge in [0.2, 0.25) is 5.95 Å². The molecule has 39 heavy (non-hydrogen) atoms. The van der Waals surface area contributed by atoms with E-state index in [4.69, 9.17) is 16.3 Å². The lowest BCUT2D eigenvalue weighted by atomic mass is 10.1. The van der Waals surface area contributed by atoms with Crippen molar-refractivity contribution in [2.75, 3.05) is 18.4 Å². The number of aryl methyl sites for hydroxylation is 1. The van der Waals surface area contributed by atoms with Crippen molar-refractivity contribution < 1.29 is 32.2 Å². The summed E-state index contributed by atoms with van der Waals surface area (Å²) in [6.07, 6.45) is -1.85. The van der Waals surface area contributed by atoms with Gasteiger partial charge in [0.05, 0.1) is 22.1 Å². The number of imidazole rings is 1. The molecule has 3 heterocycles. The molecule has 1 N–H and O–H groups in total. The lowest BCUT2D eigenvalue weighted by Gasteiger charge is -2.29. The van der Waals surface area contributed by atoms with Crippen LogP contribution in [0.5, 0.6) is 5.75 Å². The van der Waals surface area contributed by atoms with Gasteiger partial charge in [0.15, 0.2) is 0 Å². The molecule has 0 saturated carbocycles. The molecule has 0 radical (unpaired) electrons. The van der Waals surface area contributed by atoms with E-state index < -0.39 is 35.8 Å². The molecule has 13 heteroatoms. The molecule has 3 aromatic rings. The van der Waals surface area contributed by atoms with Crippen LogP contribution in [-0.4, -0.2) is 56.5 Å². The van der Waals surface area contributed by atoms with Crippen LogP contribution in [-0.2, 0) is 4.74 Å². The number of nitrogens with zero attached hydrogens (tertiary/aromatic N) is 4. The van der Waals surface area contributed by atoms with Crippen LogP contribution < -0.4 is 10.1 Å². The number of fused-ring (bicyclic) bond motifs is 1. The van der Waals surface area contributed by atoms with Crippen LogP contribution in [0.2, 0.25) is 5.02 Å². The highest BCUT2D eigenvalue weighted by Gasteiger charge is 2.33. The summed E-state index contributed by atoms with van der Waals surface area (Å²) in [4.78, 5) is 36.2. The van der Waals surface area contributed by atoms with Gasteiger partial charge in [0, 0.05) is 42.7 Å². The van der Waals surface area contributed by atoms with Gasteiger partial charge in [-0.3, -0.25) is 15.1 Å². The lowest BCUT2D eigenvalue weighted by molar-refractivity contribution is -0.274. The third-order valence-corrected chi connectivity index (χ3v) is 6.28. The van der Waals surface area contributed by atoms with Gasteiger partial charge in [-0.05, 0) is 59.1 Å². The lowest BCUT2D eigenvalue weighted by Crippen LogP contribution is -2.39. The number of halogens is 4.